The second kappa shape index (κ2) is 9.60. The lowest BCUT2D eigenvalue weighted by Gasteiger charge is -2.14. The van der Waals surface area contributed by atoms with Crippen LogP contribution in [0.15, 0.2) is 65.1 Å². The first-order valence-corrected chi connectivity index (χ1v) is 10.8. The quantitative estimate of drug-likeness (QED) is 0.298. The van der Waals surface area contributed by atoms with Crippen LogP contribution in [0.2, 0.25) is 5.02 Å². The lowest BCUT2D eigenvalue weighted by molar-refractivity contribution is 0.296. The van der Waals surface area contributed by atoms with Crippen molar-refractivity contribution in [1.29, 1.82) is 0 Å². The number of benzene rings is 3. The van der Waals surface area contributed by atoms with Crippen molar-refractivity contribution in [2.45, 2.75) is 19.6 Å². The summed E-state index contributed by atoms with van der Waals surface area (Å²) < 4.78 is 20.9. The largest absolute Gasteiger partial charge is 0.488 e. The molecule has 0 atom stereocenters. The molecule has 1 heterocycles. The number of fused-ring (bicyclic) bond motifs is 1. The Hall–Kier alpha value is -2.41. The number of hydrogen-bond acceptors (Lipinski definition) is 3. The minimum atomic E-state index is -0.370. The summed E-state index contributed by atoms with van der Waals surface area (Å²) >= 11 is 9.60. The highest BCUT2D eigenvalue weighted by atomic mass is 79.9. The van der Waals surface area contributed by atoms with Gasteiger partial charge >= 0.3 is 0 Å². The standard InChI is InChI=1S/C23H20BrClFN3O/c24-16-8-9-22(30-14-17-18(25)4-3-5-19(17)26)15(12-16)13-27-11-10-23-28-20-6-1-2-7-21(20)29-23/h1-9,12,27H,10-11,13-14H2,(H,28,29). The van der Waals surface area contributed by atoms with Crippen LogP contribution in [0, 0.1) is 5.82 Å². The molecule has 0 unspecified atom stereocenters. The second-order valence-electron chi connectivity index (χ2n) is 6.87. The van der Waals surface area contributed by atoms with Crippen molar-refractivity contribution in [3.05, 3.63) is 92.9 Å². The SMILES string of the molecule is Fc1cccc(Cl)c1COc1ccc(Br)cc1CNCCc1nc2ccccc2[nH]1. The number of hydrogen-bond donors (Lipinski definition) is 2. The molecule has 0 radical (unpaired) electrons. The molecule has 7 heteroatoms. The number of H-pyrrole nitrogens is 1. The summed E-state index contributed by atoms with van der Waals surface area (Å²) in [4.78, 5) is 7.93. The Bertz CT molecular complexity index is 1110. The highest BCUT2D eigenvalue weighted by Crippen LogP contribution is 2.26. The average molecular weight is 489 g/mol. The second-order valence-corrected chi connectivity index (χ2v) is 8.19. The van der Waals surface area contributed by atoms with Crippen molar-refractivity contribution in [1.82, 2.24) is 15.3 Å². The highest BCUT2D eigenvalue weighted by Gasteiger charge is 2.10. The first-order valence-electron chi connectivity index (χ1n) is 9.58. The van der Waals surface area contributed by atoms with E-state index in [4.69, 9.17) is 16.3 Å². The predicted octanol–water partition coefficient (Wildman–Crippen LogP) is 6.03. The molecule has 0 aliphatic carbocycles. The van der Waals surface area contributed by atoms with Gasteiger partial charge in [-0.1, -0.05) is 45.7 Å². The van der Waals surface area contributed by atoms with Gasteiger partial charge in [0.25, 0.3) is 0 Å². The topological polar surface area (TPSA) is 49.9 Å². The molecule has 0 aliphatic heterocycles. The van der Waals surface area contributed by atoms with Gasteiger partial charge in [-0.05, 0) is 42.5 Å². The lowest BCUT2D eigenvalue weighted by atomic mass is 10.2. The maximum Gasteiger partial charge on any atom is 0.131 e. The predicted molar refractivity (Wildman–Crippen MR) is 121 cm³/mol. The van der Waals surface area contributed by atoms with E-state index in [0.717, 1.165) is 39.9 Å². The summed E-state index contributed by atoms with van der Waals surface area (Å²) in [5, 5.41) is 3.78. The van der Waals surface area contributed by atoms with E-state index in [0.29, 0.717) is 22.9 Å². The molecule has 0 fully saturated rings. The third-order valence-electron chi connectivity index (χ3n) is 4.75. The Labute approximate surface area is 187 Å². The van der Waals surface area contributed by atoms with Gasteiger partial charge in [0, 0.05) is 35.1 Å². The van der Waals surface area contributed by atoms with Crippen molar-refractivity contribution >= 4 is 38.6 Å². The Morgan fingerprint density at radius 1 is 1.10 bits per heavy atom. The van der Waals surface area contributed by atoms with E-state index in [2.05, 4.69) is 31.2 Å². The summed E-state index contributed by atoms with van der Waals surface area (Å²) in [5.41, 5.74) is 3.34. The lowest BCUT2D eigenvalue weighted by Crippen LogP contribution is -2.18. The monoisotopic (exact) mass is 487 g/mol. The number of nitrogens with zero attached hydrogens (tertiary/aromatic N) is 1. The molecule has 0 amide bonds. The maximum absolute atomic E-state index is 14.0. The zero-order valence-electron chi connectivity index (χ0n) is 16.1. The smallest absolute Gasteiger partial charge is 0.131 e. The number of imidazole rings is 1. The molecule has 0 bridgehead atoms. The number of aromatic amines is 1. The van der Waals surface area contributed by atoms with Crippen LogP contribution in [0.25, 0.3) is 11.0 Å². The molecule has 4 rings (SSSR count). The molecule has 2 N–H and O–H groups in total. The van der Waals surface area contributed by atoms with Gasteiger partial charge in [0.15, 0.2) is 0 Å². The molecule has 3 aromatic carbocycles. The van der Waals surface area contributed by atoms with Crippen LogP contribution in [-0.2, 0) is 19.6 Å². The van der Waals surface area contributed by atoms with Gasteiger partial charge in [0.1, 0.15) is 24.0 Å². The third-order valence-corrected chi connectivity index (χ3v) is 5.60. The number of para-hydroxylation sites is 2. The van der Waals surface area contributed by atoms with Crippen molar-refractivity contribution < 1.29 is 9.13 Å². The number of ether oxygens (including phenoxy) is 1. The van der Waals surface area contributed by atoms with Gasteiger partial charge in [-0.3, -0.25) is 0 Å². The van der Waals surface area contributed by atoms with Gasteiger partial charge in [-0.25, -0.2) is 9.37 Å². The van der Waals surface area contributed by atoms with Gasteiger partial charge in [-0.15, -0.1) is 0 Å². The van der Waals surface area contributed by atoms with Gasteiger partial charge in [0.2, 0.25) is 0 Å². The van der Waals surface area contributed by atoms with E-state index in [-0.39, 0.29) is 12.4 Å². The Kier molecular flexibility index (Phi) is 6.67. The van der Waals surface area contributed by atoms with E-state index in [1.807, 2.05) is 42.5 Å². The van der Waals surface area contributed by atoms with Crippen molar-refractivity contribution in [2.24, 2.45) is 0 Å². The van der Waals surface area contributed by atoms with Crippen LogP contribution in [0.3, 0.4) is 0 Å². The summed E-state index contributed by atoms with van der Waals surface area (Å²) in [7, 11) is 0. The minimum Gasteiger partial charge on any atom is -0.488 e. The summed E-state index contributed by atoms with van der Waals surface area (Å²) in [5.74, 6) is 1.27. The van der Waals surface area contributed by atoms with Crippen LogP contribution >= 0.6 is 27.5 Å². The zero-order valence-corrected chi connectivity index (χ0v) is 18.4. The van der Waals surface area contributed by atoms with Crippen molar-refractivity contribution in [3.63, 3.8) is 0 Å². The molecule has 154 valence electrons. The molecule has 4 nitrogen and oxygen atoms in total. The van der Waals surface area contributed by atoms with E-state index in [9.17, 15) is 4.39 Å². The minimum absolute atomic E-state index is 0.0686. The molecule has 30 heavy (non-hydrogen) atoms. The van der Waals surface area contributed by atoms with Crippen LogP contribution in [0.4, 0.5) is 4.39 Å². The fourth-order valence-electron chi connectivity index (χ4n) is 3.20. The molecule has 1 aromatic heterocycles. The number of rotatable bonds is 8. The Balaban J connectivity index is 1.37. The maximum atomic E-state index is 14.0. The number of aromatic nitrogens is 2. The van der Waals surface area contributed by atoms with E-state index in [1.165, 1.54) is 6.07 Å². The van der Waals surface area contributed by atoms with Crippen molar-refractivity contribution in [2.75, 3.05) is 6.54 Å². The molecule has 0 spiro atoms. The van der Waals surface area contributed by atoms with Crippen molar-refractivity contribution in [3.8, 4) is 5.75 Å². The normalized spacial score (nSPS) is 11.2. The van der Waals surface area contributed by atoms with Crippen LogP contribution in [0.5, 0.6) is 5.75 Å². The Morgan fingerprint density at radius 2 is 1.97 bits per heavy atom. The summed E-state index contributed by atoms with van der Waals surface area (Å²) in [6, 6.07) is 18.4. The average Bonchev–Trinajstić information content (AvgIpc) is 3.15. The Morgan fingerprint density at radius 3 is 2.80 bits per heavy atom. The van der Waals surface area contributed by atoms with Gasteiger partial charge in [0.05, 0.1) is 16.1 Å². The number of halogens is 3. The highest BCUT2D eigenvalue weighted by molar-refractivity contribution is 9.10. The third kappa shape index (κ3) is 5.01. The number of nitrogens with one attached hydrogen (secondary N) is 2. The van der Waals surface area contributed by atoms with Crippen LogP contribution < -0.4 is 10.1 Å². The molecule has 0 saturated carbocycles. The first-order chi connectivity index (χ1) is 14.6. The van der Waals surface area contributed by atoms with Gasteiger partial charge < -0.3 is 15.0 Å². The first kappa shape index (κ1) is 20.8. The summed E-state index contributed by atoms with van der Waals surface area (Å²) in [6.45, 7) is 1.43. The molecular formula is C23H20BrClFN3O. The fourth-order valence-corrected chi connectivity index (χ4v) is 3.83. The van der Waals surface area contributed by atoms with Gasteiger partial charge in [-0.2, -0.15) is 0 Å². The molecule has 0 aliphatic rings. The zero-order chi connectivity index (χ0) is 20.9. The van der Waals surface area contributed by atoms with E-state index >= 15 is 0 Å². The fraction of sp³-hybridized carbons (Fsp3) is 0.174. The molecule has 0 saturated heterocycles. The van der Waals surface area contributed by atoms with E-state index < -0.39 is 0 Å². The molecule has 4 aromatic rings. The van der Waals surface area contributed by atoms with Crippen LogP contribution in [0.1, 0.15) is 17.0 Å². The van der Waals surface area contributed by atoms with Crippen LogP contribution in [-0.4, -0.2) is 16.5 Å². The van der Waals surface area contributed by atoms with E-state index in [1.54, 1.807) is 12.1 Å². The summed E-state index contributed by atoms with van der Waals surface area (Å²) in [6.07, 6.45) is 0.781. The molecular weight excluding hydrogens is 469 g/mol.